The predicted molar refractivity (Wildman–Crippen MR) is 148 cm³/mol. The maximum absolute atomic E-state index is 13.2. The Morgan fingerprint density at radius 3 is 2.53 bits per heavy atom. The van der Waals surface area contributed by atoms with Gasteiger partial charge in [0.1, 0.15) is 5.75 Å². The maximum atomic E-state index is 13.2. The van der Waals surface area contributed by atoms with Crippen LogP contribution in [0.2, 0.25) is 0 Å². The highest BCUT2D eigenvalue weighted by atomic mass is 16.5. The number of hydrogen-bond donors (Lipinski definition) is 1. The Hall–Kier alpha value is -2.73. The zero-order valence-corrected chi connectivity index (χ0v) is 22.1. The van der Waals surface area contributed by atoms with Crippen LogP contribution in [0.5, 0.6) is 5.75 Å². The Labute approximate surface area is 216 Å². The van der Waals surface area contributed by atoms with Crippen molar-refractivity contribution >= 4 is 17.4 Å². The van der Waals surface area contributed by atoms with Gasteiger partial charge in [-0.3, -0.25) is 0 Å². The number of benzene rings is 2. The number of carbonyl (C=O) groups excluding carboxylic acids is 1. The molecule has 2 amide bonds. The van der Waals surface area contributed by atoms with E-state index in [1.165, 1.54) is 61.0 Å². The molecule has 6 nitrogen and oxygen atoms in total. The van der Waals surface area contributed by atoms with Crippen LogP contribution >= 0.6 is 0 Å². The minimum absolute atomic E-state index is 0.00128. The molecule has 6 heteroatoms. The molecule has 2 saturated heterocycles. The van der Waals surface area contributed by atoms with Crippen LogP contribution in [0.3, 0.4) is 0 Å². The molecule has 0 aromatic heterocycles. The molecule has 1 N–H and O–H groups in total. The summed E-state index contributed by atoms with van der Waals surface area (Å²) < 4.78 is 5.70. The highest BCUT2D eigenvalue weighted by Gasteiger charge is 2.26. The number of rotatable bonds is 6. The summed E-state index contributed by atoms with van der Waals surface area (Å²) in [6, 6.07) is 12.9. The van der Waals surface area contributed by atoms with Crippen LogP contribution in [-0.4, -0.2) is 68.8 Å². The number of aryl methyl sites for hydroxylation is 1. The molecule has 194 valence electrons. The number of nitrogens with zero attached hydrogens (tertiary/aromatic N) is 3. The van der Waals surface area contributed by atoms with Crippen LogP contribution in [0.25, 0.3) is 0 Å². The number of amides is 2. The van der Waals surface area contributed by atoms with Gasteiger partial charge in [0.15, 0.2) is 0 Å². The van der Waals surface area contributed by atoms with Crippen molar-refractivity contribution in [3.05, 3.63) is 53.1 Å². The number of methoxy groups -OCH3 is 1. The Bertz CT molecular complexity index is 1040. The molecular weight excluding hydrogens is 448 g/mol. The fraction of sp³-hybridized carbons (Fsp3) is 0.567. The van der Waals surface area contributed by atoms with E-state index in [9.17, 15) is 4.79 Å². The predicted octanol–water partition coefficient (Wildman–Crippen LogP) is 5.52. The maximum Gasteiger partial charge on any atom is 0.321 e. The summed E-state index contributed by atoms with van der Waals surface area (Å²) in [5, 5.41) is 3.18. The quantitative estimate of drug-likeness (QED) is 0.579. The number of piperidine rings is 1. The molecule has 2 heterocycles. The first kappa shape index (κ1) is 24.9. The third kappa shape index (κ3) is 5.49. The molecule has 2 aromatic carbocycles. The largest absolute Gasteiger partial charge is 0.496 e. The van der Waals surface area contributed by atoms with Crippen molar-refractivity contribution in [2.45, 2.75) is 57.8 Å². The molecule has 2 aliphatic heterocycles. The number of likely N-dealkylation sites (tertiary alicyclic amines) is 1. The lowest BCUT2D eigenvalue weighted by Gasteiger charge is -2.38. The van der Waals surface area contributed by atoms with Gasteiger partial charge in [0.25, 0.3) is 0 Å². The van der Waals surface area contributed by atoms with E-state index in [2.05, 4.69) is 46.3 Å². The van der Waals surface area contributed by atoms with Gasteiger partial charge in [-0.1, -0.05) is 19.1 Å². The minimum Gasteiger partial charge on any atom is -0.496 e. The van der Waals surface area contributed by atoms with E-state index >= 15 is 0 Å². The van der Waals surface area contributed by atoms with E-state index in [0.717, 1.165) is 63.5 Å². The second-order valence-corrected chi connectivity index (χ2v) is 10.6. The first-order valence-corrected chi connectivity index (χ1v) is 14.0. The Balaban J connectivity index is 1.20. The van der Waals surface area contributed by atoms with Gasteiger partial charge in [-0.15, -0.1) is 0 Å². The highest BCUT2D eigenvalue weighted by Crippen LogP contribution is 2.36. The number of urea groups is 1. The molecule has 2 aromatic rings. The van der Waals surface area contributed by atoms with Crippen molar-refractivity contribution < 1.29 is 9.53 Å². The average molecular weight is 491 g/mol. The Morgan fingerprint density at radius 2 is 1.78 bits per heavy atom. The molecule has 0 unspecified atom stereocenters. The normalized spacial score (nSPS) is 19.2. The van der Waals surface area contributed by atoms with Crippen molar-refractivity contribution in [1.82, 2.24) is 9.80 Å². The lowest BCUT2D eigenvalue weighted by atomic mass is 9.88. The van der Waals surface area contributed by atoms with Crippen LogP contribution in [0.1, 0.15) is 61.6 Å². The van der Waals surface area contributed by atoms with Gasteiger partial charge in [0, 0.05) is 37.6 Å². The summed E-state index contributed by atoms with van der Waals surface area (Å²) in [6.45, 7) is 8.95. The fourth-order valence-electron chi connectivity index (χ4n) is 6.33. The van der Waals surface area contributed by atoms with Crippen molar-refractivity contribution in [1.29, 1.82) is 0 Å². The molecule has 2 fully saturated rings. The molecule has 3 aliphatic rings. The summed E-state index contributed by atoms with van der Waals surface area (Å²) in [4.78, 5) is 20.1. The van der Waals surface area contributed by atoms with Gasteiger partial charge in [-0.25, -0.2) is 4.79 Å². The molecule has 0 saturated carbocycles. The Morgan fingerprint density at radius 1 is 1.00 bits per heavy atom. The second kappa shape index (κ2) is 11.5. The summed E-state index contributed by atoms with van der Waals surface area (Å²) in [6.07, 6.45) is 8.45. The first-order valence-electron chi connectivity index (χ1n) is 14.0. The average Bonchev–Trinajstić information content (AvgIpc) is 2.93. The second-order valence-electron chi connectivity index (χ2n) is 10.6. The van der Waals surface area contributed by atoms with Crippen LogP contribution in [-0.2, 0) is 12.8 Å². The van der Waals surface area contributed by atoms with Gasteiger partial charge < -0.3 is 24.8 Å². The van der Waals surface area contributed by atoms with Crippen molar-refractivity contribution in [3.63, 3.8) is 0 Å². The lowest BCUT2D eigenvalue weighted by molar-refractivity contribution is 0.208. The zero-order valence-electron chi connectivity index (χ0n) is 22.1. The summed E-state index contributed by atoms with van der Waals surface area (Å²) in [5.74, 6) is 1.41. The lowest BCUT2D eigenvalue weighted by Crippen LogP contribution is -2.50. The minimum atomic E-state index is -0.00128. The van der Waals surface area contributed by atoms with E-state index in [-0.39, 0.29) is 6.03 Å². The van der Waals surface area contributed by atoms with E-state index in [4.69, 9.17) is 4.74 Å². The summed E-state index contributed by atoms with van der Waals surface area (Å²) in [7, 11) is 1.74. The smallest absolute Gasteiger partial charge is 0.321 e. The summed E-state index contributed by atoms with van der Waals surface area (Å²) >= 11 is 0. The number of fused-ring (bicyclic) bond motifs is 1. The van der Waals surface area contributed by atoms with Crippen molar-refractivity contribution in [3.8, 4) is 5.75 Å². The van der Waals surface area contributed by atoms with E-state index < -0.39 is 0 Å². The van der Waals surface area contributed by atoms with Crippen LogP contribution < -0.4 is 15.0 Å². The first-order chi connectivity index (χ1) is 17.7. The highest BCUT2D eigenvalue weighted by molar-refractivity contribution is 5.89. The standard InChI is InChI=1S/C30H42N4O2/c1-3-15-32-16-13-24(14-17-32)27-22-25(11-12-29(27)36-2)31-30(35)34-20-18-33(19-21-34)28-10-6-8-23-7-4-5-9-26(23)28/h6,8,10-12,22,24H,3-5,7,9,13-21H2,1-2H3,(H,31,35). The topological polar surface area (TPSA) is 48.1 Å². The number of piperazine rings is 1. The number of anilines is 2. The van der Waals surface area contributed by atoms with Gasteiger partial charge in [-0.05, 0) is 111 Å². The number of nitrogens with one attached hydrogen (secondary N) is 1. The molecule has 1 aliphatic carbocycles. The zero-order chi connectivity index (χ0) is 24.9. The van der Waals surface area contributed by atoms with E-state index in [1.807, 2.05) is 17.0 Å². The molecule has 0 atom stereocenters. The monoisotopic (exact) mass is 490 g/mol. The van der Waals surface area contributed by atoms with Gasteiger partial charge in [0.05, 0.1) is 7.11 Å². The van der Waals surface area contributed by atoms with Crippen LogP contribution in [0, 0.1) is 0 Å². The molecular formula is C30H42N4O2. The van der Waals surface area contributed by atoms with Crippen molar-refractivity contribution in [2.75, 3.05) is 63.1 Å². The molecule has 36 heavy (non-hydrogen) atoms. The Kier molecular flexibility index (Phi) is 8.00. The summed E-state index contributed by atoms with van der Waals surface area (Å²) in [5.41, 5.74) is 6.53. The fourth-order valence-corrected chi connectivity index (χ4v) is 6.33. The van der Waals surface area contributed by atoms with Gasteiger partial charge in [-0.2, -0.15) is 0 Å². The molecule has 0 spiro atoms. The third-order valence-corrected chi connectivity index (χ3v) is 8.33. The molecule has 5 rings (SSSR count). The van der Waals surface area contributed by atoms with E-state index in [0.29, 0.717) is 5.92 Å². The molecule has 0 radical (unpaired) electrons. The van der Waals surface area contributed by atoms with Gasteiger partial charge >= 0.3 is 6.03 Å². The molecule has 0 bridgehead atoms. The third-order valence-electron chi connectivity index (χ3n) is 8.33. The number of ether oxygens (including phenoxy) is 1. The number of hydrogen-bond acceptors (Lipinski definition) is 4. The van der Waals surface area contributed by atoms with E-state index in [1.54, 1.807) is 7.11 Å². The number of carbonyl (C=O) groups is 1. The van der Waals surface area contributed by atoms with Crippen molar-refractivity contribution in [2.24, 2.45) is 0 Å². The van der Waals surface area contributed by atoms with Crippen LogP contribution in [0.4, 0.5) is 16.2 Å². The SMILES string of the molecule is CCCN1CCC(c2cc(NC(=O)N3CCN(c4cccc5c4CCCC5)CC3)ccc2OC)CC1. The van der Waals surface area contributed by atoms with Crippen LogP contribution in [0.15, 0.2) is 36.4 Å². The van der Waals surface area contributed by atoms with Gasteiger partial charge in [0.2, 0.25) is 0 Å².